The Morgan fingerprint density at radius 1 is 0.960 bits per heavy atom. The summed E-state index contributed by atoms with van der Waals surface area (Å²) in [4.78, 5) is 2.67. The number of hydrogen-bond acceptors (Lipinski definition) is 4. The van der Waals surface area contributed by atoms with E-state index < -0.39 is 0 Å². The highest BCUT2D eigenvalue weighted by molar-refractivity contribution is 5.85. The first-order chi connectivity index (χ1) is 11.3. The van der Waals surface area contributed by atoms with E-state index in [0.29, 0.717) is 6.04 Å². The molecule has 0 unspecified atom stereocenters. The lowest BCUT2D eigenvalue weighted by Crippen LogP contribution is -2.47. The summed E-state index contributed by atoms with van der Waals surface area (Å²) in [5.41, 5.74) is 1.39. The van der Waals surface area contributed by atoms with Gasteiger partial charge in [-0.2, -0.15) is 0 Å². The van der Waals surface area contributed by atoms with Crippen LogP contribution in [-0.4, -0.2) is 45.3 Å². The molecule has 1 heterocycles. The number of piperazine rings is 1. The summed E-state index contributed by atoms with van der Waals surface area (Å²) >= 11 is 0. The molecule has 25 heavy (non-hydrogen) atoms. The average Bonchev–Trinajstić information content (AvgIpc) is 2.63. The molecule has 4 nitrogen and oxygen atoms in total. The summed E-state index contributed by atoms with van der Waals surface area (Å²) in [7, 11) is 3.43. The molecule has 0 spiro atoms. The maximum atomic E-state index is 5.55. The van der Waals surface area contributed by atoms with E-state index in [4.69, 9.17) is 9.47 Å². The van der Waals surface area contributed by atoms with E-state index in [2.05, 4.69) is 28.4 Å². The van der Waals surface area contributed by atoms with Crippen molar-refractivity contribution in [1.29, 1.82) is 0 Å². The van der Waals surface area contributed by atoms with Crippen LogP contribution in [0.4, 0.5) is 0 Å². The third kappa shape index (κ3) is 5.40. The van der Waals surface area contributed by atoms with Crippen LogP contribution in [0.25, 0.3) is 0 Å². The van der Waals surface area contributed by atoms with E-state index in [1.54, 1.807) is 14.2 Å². The monoisotopic (exact) mass is 390 g/mol. The molecule has 1 aliphatic carbocycles. The van der Waals surface area contributed by atoms with E-state index >= 15 is 0 Å². The van der Waals surface area contributed by atoms with Crippen molar-refractivity contribution in [1.82, 2.24) is 10.2 Å². The van der Waals surface area contributed by atoms with Crippen LogP contribution in [0.15, 0.2) is 18.2 Å². The van der Waals surface area contributed by atoms with Gasteiger partial charge in [0, 0.05) is 32.2 Å². The van der Waals surface area contributed by atoms with Gasteiger partial charge in [-0.15, -0.1) is 24.8 Å². The van der Waals surface area contributed by atoms with Crippen molar-refractivity contribution in [2.45, 2.75) is 38.1 Å². The minimum atomic E-state index is 0. The number of benzene rings is 1. The minimum absolute atomic E-state index is 0. The Hall–Kier alpha value is -0.680. The van der Waals surface area contributed by atoms with E-state index in [9.17, 15) is 0 Å². The molecular formula is C19H32Cl2N2O2. The van der Waals surface area contributed by atoms with Crippen LogP contribution in [0.1, 0.15) is 43.7 Å². The number of ether oxygens (including phenoxy) is 2. The van der Waals surface area contributed by atoms with Crippen LogP contribution in [0, 0.1) is 5.92 Å². The fourth-order valence-corrected chi connectivity index (χ4v) is 4.23. The van der Waals surface area contributed by atoms with Gasteiger partial charge in [-0.1, -0.05) is 25.3 Å². The fraction of sp³-hybridized carbons (Fsp3) is 0.684. The van der Waals surface area contributed by atoms with Crippen molar-refractivity contribution >= 4 is 24.8 Å². The molecule has 144 valence electrons. The van der Waals surface area contributed by atoms with Gasteiger partial charge in [-0.25, -0.2) is 0 Å². The van der Waals surface area contributed by atoms with Crippen molar-refractivity contribution in [2.24, 2.45) is 5.92 Å². The van der Waals surface area contributed by atoms with Crippen molar-refractivity contribution in [3.63, 3.8) is 0 Å². The van der Waals surface area contributed by atoms with Gasteiger partial charge in [-0.3, -0.25) is 4.90 Å². The predicted octanol–water partition coefficient (Wildman–Crippen LogP) is 4.07. The van der Waals surface area contributed by atoms with Crippen molar-refractivity contribution in [2.75, 3.05) is 40.4 Å². The second-order valence-electron chi connectivity index (χ2n) is 6.74. The Balaban J connectivity index is 0.00000156. The minimum Gasteiger partial charge on any atom is -0.493 e. The Morgan fingerprint density at radius 3 is 2.20 bits per heavy atom. The zero-order valence-electron chi connectivity index (χ0n) is 15.3. The highest BCUT2D eigenvalue weighted by atomic mass is 35.5. The second-order valence-corrected chi connectivity index (χ2v) is 6.74. The van der Waals surface area contributed by atoms with Crippen LogP contribution < -0.4 is 14.8 Å². The van der Waals surface area contributed by atoms with Crippen LogP contribution in [0.2, 0.25) is 0 Å². The summed E-state index contributed by atoms with van der Waals surface area (Å²) in [5.74, 6) is 2.43. The molecule has 0 radical (unpaired) electrons. The Kier molecular flexibility index (Phi) is 9.95. The van der Waals surface area contributed by atoms with Gasteiger partial charge in [0.05, 0.1) is 14.2 Å². The van der Waals surface area contributed by atoms with Gasteiger partial charge in [0.2, 0.25) is 0 Å². The molecule has 1 aliphatic heterocycles. The van der Waals surface area contributed by atoms with Crippen molar-refractivity contribution in [3.05, 3.63) is 23.8 Å². The summed E-state index contributed by atoms with van der Waals surface area (Å²) in [6.07, 6.45) is 6.85. The molecule has 0 amide bonds. The normalized spacial score (nSPS) is 20.1. The Bertz CT molecular complexity index is 486. The summed E-state index contributed by atoms with van der Waals surface area (Å²) in [6, 6.07) is 7.01. The number of hydrogen-bond donors (Lipinski definition) is 1. The maximum absolute atomic E-state index is 5.55. The topological polar surface area (TPSA) is 33.7 Å². The molecular weight excluding hydrogens is 359 g/mol. The zero-order chi connectivity index (χ0) is 16.1. The highest BCUT2D eigenvalue weighted by Crippen LogP contribution is 2.41. The quantitative estimate of drug-likeness (QED) is 0.820. The molecule has 1 N–H and O–H groups in total. The van der Waals surface area contributed by atoms with Crippen LogP contribution >= 0.6 is 24.8 Å². The zero-order valence-corrected chi connectivity index (χ0v) is 17.0. The molecule has 3 rings (SSSR count). The molecule has 1 saturated carbocycles. The molecule has 1 aromatic rings. The summed E-state index contributed by atoms with van der Waals surface area (Å²) in [6.45, 7) is 4.46. The summed E-state index contributed by atoms with van der Waals surface area (Å²) < 4.78 is 11.0. The first-order valence-electron chi connectivity index (χ1n) is 9.00. The third-order valence-electron chi connectivity index (χ3n) is 5.39. The van der Waals surface area contributed by atoms with Crippen molar-refractivity contribution < 1.29 is 9.47 Å². The average molecular weight is 391 g/mol. The van der Waals surface area contributed by atoms with Crippen molar-refractivity contribution in [3.8, 4) is 11.5 Å². The molecule has 2 aliphatic rings. The van der Waals surface area contributed by atoms with E-state index in [0.717, 1.165) is 43.6 Å². The first-order valence-corrected chi connectivity index (χ1v) is 9.00. The van der Waals surface area contributed by atoms with E-state index in [-0.39, 0.29) is 24.8 Å². The largest absolute Gasteiger partial charge is 0.493 e. The van der Waals surface area contributed by atoms with Gasteiger partial charge < -0.3 is 14.8 Å². The second kappa shape index (κ2) is 11.1. The smallest absolute Gasteiger partial charge is 0.161 e. The number of rotatable bonds is 5. The molecule has 0 bridgehead atoms. The highest BCUT2D eigenvalue weighted by Gasteiger charge is 2.31. The van der Waals surface area contributed by atoms with Crippen LogP contribution in [0.5, 0.6) is 11.5 Å². The van der Waals surface area contributed by atoms with Crippen LogP contribution in [0.3, 0.4) is 0 Å². The van der Waals surface area contributed by atoms with Crippen LogP contribution in [-0.2, 0) is 0 Å². The number of halogens is 2. The molecule has 1 atom stereocenters. The first kappa shape index (κ1) is 22.4. The third-order valence-corrected chi connectivity index (χ3v) is 5.39. The summed E-state index contributed by atoms with van der Waals surface area (Å²) in [5, 5.41) is 3.48. The molecule has 1 aromatic carbocycles. The van der Waals surface area contributed by atoms with Gasteiger partial charge in [-0.05, 0) is 36.5 Å². The SMILES string of the molecule is COc1ccc([C@H](C2CCCCC2)N2CCNCC2)cc1OC.Cl.Cl. The number of nitrogens with one attached hydrogen (secondary N) is 1. The Labute approximate surface area is 164 Å². The standard InChI is InChI=1S/C19H30N2O2.2ClH/c1-22-17-9-8-16(14-18(17)23-2)19(15-6-4-3-5-7-15)21-12-10-20-11-13-21;;/h8-9,14-15,19-20H,3-7,10-13H2,1-2H3;2*1H/t19-;;/m0../s1. The predicted molar refractivity (Wildman–Crippen MR) is 108 cm³/mol. The lowest BCUT2D eigenvalue weighted by atomic mass is 9.80. The molecule has 1 saturated heterocycles. The molecule has 6 heteroatoms. The van der Waals surface area contributed by atoms with E-state index in [1.807, 2.05) is 0 Å². The van der Waals surface area contributed by atoms with Gasteiger partial charge in [0.1, 0.15) is 0 Å². The Morgan fingerprint density at radius 2 is 1.60 bits per heavy atom. The molecule has 2 fully saturated rings. The maximum Gasteiger partial charge on any atom is 0.161 e. The molecule has 0 aromatic heterocycles. The lowest BCUT2D eigenvalue weighted by molar-refractivity contribution is 0.103. The number of methoxy groups -OCH3 is 2. The van der Waals surface area contributed by atoms with Gasteiger partial charge in [0.15, 0.2) is 11.5 Å². The van der Waals surface area contributed by atoms with Gasteiger partial charge >= 0.3 is 0 Å². The lowest BCUT2D eigenvalue weighted by Gasteiger charge is -2.41. The number of nitrogens with zero attached hydrogens (tertiary/aromatic N) is 1. The van der Waals surface area contributed by atoms with E-state index in [1.165, 1.54) is 37.7 Å². The fourth-order valence-electron chi connectivity index (χ4n) is 4.23. The van der Waals surface area contributed by atoms with Gasteiger partial charge in [0.25, 0.3) is 0 Å².